The van der Waals surface area contributed by atoms with E-state index in [1.54, 1.807) is 41.2 Å². The van der Waals surface area contributed by atoms with Crippen LogP contribution in [0.5, 0.6) is 0 Å². The largest absolute Gasteiger partial charge is 0.478 e. The minimum absolute atomic E-state index is 0.184. The van der Waals surface area contributed by atoms with Crippen molar-refractivity contribution in [1.82, 2.24) is 19.6 Å². The third-order valence-corrected chi connectivity index (χ3v) is 4.66. The lowest BCUT2D eigenvalue weighted by atomic mass is 10.1. The van der Waals surface area contributed by atoms with E-state index in [2.05, 4.69) is 20.4 Å². The molecule has 0 aliphatic carbocycles. The summed E-state index contributed by atoms with van der Waals surface area (Å²) in [6.45, 7) is 0. The number of aromatic carboxylic acids is 1. The van der Waals surface area contributed by atoms with Crippen LogP contribution in [0.15, 0.2) is 73.2 Å². The van der Waals surface area contributed by atoms with E-state index in [0.29, 0.717) is 11.5 Å². The number of imidazole rings is 1. The highest BCUT2D eigenvalue weighted by Crippen LogP contribution is 2.33. The molecule has 0 radical (unpaired) electrons. The van der Waals surface area contributed by atoms with Gasteiger partial charge in [-0.3, -0.25) is 0 Å². The first kappa shape index (κ1) is 16.1. The van der Waals surface area contributed by atoms with Crippen molar-refractivity contribution in [3.8, 4) is 11.1 Å². The van der Waals surface area contributed by atoms with Crippen LogP contribution < -0.4 is 5.32 Å². The van der Waals surface area contributed by atoms with E-state index in [1.165, 1.54) is 0 Å². The Balaban J connectivity index is 1.68. The van der Waals surface area contributed by atoms with Gasteiger partial charge in [0.1, 0.15) is 0 Å². The predicted molar refractivity (Wildman–Crippen MR) is 107 cm³/mol. The fourth-order valence-corrected chi connectivity index (χ4v) is 3.39. The number of hydrogen-bond donors (Lipinski definition) is 3. The first-order valence-electron chi connectivity index (χ1n) is 8.71. The zero-order valence-corrected chi connectivity index (χ0v) is 14.6. The molecule has 28 heavy (non-hydrogen) atoms. The van der Waals surface area contributed by atoms with Crippen molar-refractivity contribution >= 4 is 34.0 Å². The maximum absolute atomic E-state index is 11.5. The average molecular weight is 369 g/mol. The predicted octanol–water partition coefficient (Wildman–Crippen LogP) is 4.32. The second-order valence-electron chi connectivity index (χ2n) is 6.36. The molecule has 0 atom stereocenters. The van der Waals surface area contributed by atoms with Crippen molar-refractivity contribution in [2.75, 3.05) is 5.32 Å². The van der Waals surface area contributed by atoms with Gasteiger partial charge in [-0.25, -0.2) is 14.3 Å². The molecule has 0 aliphatic heterocycles. The number of nitrogens with one attached hydrogen (secondary N) is 2. The van der Waals surface area contributed by atoms with Crippen molar-refractivity contribution in [2.45, 2.75) is 0 Å². The molecule has 7 nitrogen and oxygen atoms in total. The van der Waals surface area contributed by atoms with E-state index >= 15 is 0 Å². The van der Waals surface area contributed by atoms with E-state index in [4.69, 9.17) is 0 Å². The Hall–Kier alpha value is -4.13. The number of carbonyl (C=O) groups is 1. The highest BCUT2D eigenvalue weighted by Gasteiger charge is 2.15. The Labute approximate surface area is 159 Å². The summed E-state index contributed by atoms with van der Waals surface area (Å²) in [6, 6.07) is 16.7. The summed E-state index contributed by atoms with van der Waals surface area (Å²) in [5, 5.41) is 18.2. The van der Waals surface area contributed by atoms with Gasteiger partial charge in [0.25, 0.3) is 0 Å². The third kappa shape index (κ3) is 2.57. The van der Waals surface area contributed by atoms with Crippen LogP contribution in [-0.2, 0) is 0 Å². The molecule has 2 aromatic carbocycles. The molecule has 3 aromatic heterocycles. The number of benzene rings is 2. The Kier molecular flexibility index (Phi) is 3.58. The average Bonchev–Trinajstić information content (AvgIpc) is 3.34. The number of aromatic nitrogens is 4. The lowest BCUT2D eigenvalue weighted by Gasteiger charge is -2.11. The Bertz CT molecular complexity index is 1340. The summed E-state index contributed by atoms with van der Waals surface area (Å²) in [5.74, 6) is -0.469. The van der Waals surface area contributed by atoms with E-state index in [0.717, 1.165) is 27.7 Å². The number of fused-ring (bicyclic) bond motifs is 2. The number of hydrogen-bond acceptors (Lipinski definition) is 4. The number of nitrogens with zero attached hydrogens (tertiary/aromatic N) is 3. The molecule has 0 saturated heterocycles. The lowest BCUT2D eigenvalue weighted by Crippen LogP contribution is -2.05. The number of carboxylic acids is 1. The molecule has 3 heterocycles. The molecular formula is C21H15N5O2. The van der Waals surface area contributed by atoms with E-state index < -0.39 is 5.97 Å². The molecule has 7 heteroatoms. The van der Waals surface area contributed by atoms with Crippen LogP contribution in [0.1, 0.15) is 10.4 Å². The molecule has 0 fully saturated rings. The maximum atomic E-state index is 11.5. The number of carboxylic acid groups (broad SMARTS) is 1. The molecule has 0 spiro atoms. The summed E-state index contributed by atoms with van der Waals surface area (Å²) in [6.07, 6.45) is 5.40. The zero-order valence-electron chi connectivity index (χ0n) is 14.6. The molecule has 136 valence electrons. The Morgan fingerprint density at radius 2 is 1.89 bits per heavy atom. The van der Waals surface area contributed by atoms with Gasteiger partial charge in [-0.2, -0.15) is 0 Å². The third-order valence-electron chi connectivity index (χ3n) is 4.66. The Morgan fingerprint density at radius 3 is 2.79 bits per heavy atom. The second-order valence-corrected chi connectivity index (χ2v) is 6.36. The summed E-state index contributed by atoms with van der Waals surface area (Å²) >= 11 is 0. The highest BCUT2D eigenvalue weighted by atomic mass is 16.4. The van der Waals surface area contributed by atoms with Crippen molar-refractivity contribution in [3.05, 3.63) is 78.8 Å². The fraction of sp³-hybridized carbons (Fsp3) is 0. The van der Waals surface area contributed by atoms with Crippen molar-refractivity contribution in [2.24, 2.45) is 0 Å². The number of para-hydroxylation sites is 2. The minimum Gasteiger partial charge on any atom is -0.478 e. The maximum Gasteiger partial charge on any atom is 0.337 e. The van der Waals surface area contributed by atoms with Crippen LogP contribution in [0.2, 0.25) is 0 Å². The van der Waals surface area contributed by atoms with Gasteiger partial charge in [0.2, 0.25) is 0 Å². The normalized spacial score (nSPS) is 11.1. The fourth-order valence-electron chi connectivity index (χ4n) is 3.39. The highest BCUT2D eigenvalue weighted by molar-refractivity contribution is 5.99. The molecule has 5 aromatic rings. The summed E-state index contributed by atoms with van der Waals surface area (Å²) in [7, 11) is 0. The molecule has 0 saturated carbocycles. The zero-order chi connectivity index (χ0) is 19.1. The van der Waals surface area contributed by atoms with Gasteiger partial charge in [0.05, 0.1) is 11.3 Å². The van der Waals surface area contributed by atoms with Gasteiger partial charge in [-0.05, 0) is 24.3 Å². The smallest absolute Gasteiger partial charge is 0.337 e. The monoisotopic (exact) mass is 369 g/mol. The minimum atomic E-state index is -0.997. The molecule has 5 rings (SSSR count). The SMILES string of the molecule is O=C(O)c1ccccc1Nc1cc(-c2c[nH]c3ccccc23)c2nccn2n1. The number of aromatic amines is 1. The molecule has 3 N–H and O–H groups in total. The van der Waals surface area contributed by atoms with E-state index in [9.17, 15) is 9.90 Å². The molecule has 0 unspecified atom stereocenters. The van der Waals surface area contributed by atoms with Crippen LogP contribution in [0.4, 0.5) is 11.5 Å². The topological polar surface area (TPSA) is 95.3 Å². The van der Waals surface area contributed by atoms with E-state index in [-0.39, 0.29) is 5.56 Å². The summed E-state index contributed by atoms with van der Waals surface area (Å²) in [4.78, 5) is 19.2. The Morgan fingerprint density at radius 1 is 1.07 bits per heavy atom. The van der Waals surface area contributed by atoms with Crippen LogP contribution in [0.25, 0.3) is 27.7 Å². The van der Waals surface area contributed by atoms with Gasteiger partial charge >= 0.3 is 5.97 Å². The van der Waals surface area contributed by atoms with Gasteiger partial charge < -0.3 is 15.4 Å². The number of H-pyrrole nitrogens is 1. The first-order chi connectivity index (χ1) is 13.7. The standard InChI is InChI=1S/C21H15N5O2/c27-21(28)14-6-2-4-8-18(14)24-19-11-15(20-22-9-10-26(20)25-19)16-12-23-17-7-3-1-5-13(16)17/h1-12,23H,(H,24,25)(H,27,28). The molecule has 0 aliphatic rings. The van der Waals surface area contributed by atoms with Crippen molar-refractivity contribution in [3.63, 3.8) is 0 Å². The number of anilines is 2. The summed E-state index contributed by atoms with van der Waals surface area (Å²) < 4.78 is 1.68. The van der Waals surface area contributed by atoms with Crippen molar-refractivity contribution < 1.29 is 9.90 Å². The quantitative estimate of drug-likeness (QED) is 0.438. The van der Waals surface area contributed by atoms with Gasteiger partial charge in [0.15, 0.2) is 11.5 Å². The van der Waals surface area contributed by atoms with Crippen LogP contribution in [0.3, 0.4) is 0 Å². The first-order valence-corrected chi connectivity index (χ1v) is 8.71. The second kappa shape index (κ2) is 6.24. The number of rotatable bonds is 4. The molecule has 0 amide bonds. The van der Waals surface area contributed by atoms with Crippen LogP contribution in [-0.4, -0.2) is 30.7 Å². The van der Waals surface area contributed by atoms with Gasteiger partial charge in [-0.15, -0.1) is 5.10 Å². The van der Waals surface area contributed by atoms with Crippen LogP contribution >= 0.6 is 0 Å². The van der Waals surface area contributed by atoms with Crippen LogP contribution in [0, 0.1) is 0 Å². The van der Waals surface area contributed by atoms with Gasteiger partial charge in [-0.1, -0.05) is 30.3 Å². The van der Waals surface area contributed by atoms with Gasteiger partial charge in [0, 0.05) is 40.6 Å². The molecular weight excluding hydrogens is 354 g/mol. The van der Waals surface area contributed by atoms with E-state index in [1.807, 2.05) is 36.5 Å². The lowest BCUT2D eigenvalue weighted by molar-refractivity contribution is 0.0698. The van der Waals surface area contributed by atoms with Crippen molar-refractivity contribution in [1.29, 1.82) is 0 Å². The summed E-state index contributed by atoms with van der Waals surface area (Å²) in [5.41, 5.74) is 4.32. The molecule has 0 bridgehead atoms.